The summed E-state index contributed by atoms with van der Waals surface area (Å²) < 4.78 is 10.7. The van der Waals surface area contributed by atoms with Crippen molar-refractivity contribution in [1.82, 2.24) is 10.3 Å². The lowest BCUT2D eigenvalue weighted by Crippen LogP contribution is -2.37. The number of aromatic nitrogens is 1. The molecule has 2 aromatic rings. The molecule has 0 bridgehead atoms. The average Bonchev–Trinajstić information content (AvgIpc) is 2.79. The topological polar surface area (TPSA) is 64.4 Å². The van der Waals surface area contributed by atoms with Crippen LogP contribution in [0.15, 0.2) is 22.6 Å². The lowest BCUT2D eigenvalue weighted by molar-refractivity contribution is 0.192. The number of hydrogen-bond donors (Lipinski definition) is 1. The van der Waals surface area contributed by atoms with Crippen molar-refractivity contribution in [2.45, 2.75) is 45.1 Å². The molecule has 1 saturated carbocycles. The van der Waals surface area contributed by atoms with Crippen LogP contribution in [0.4, 0.5) is 4.79 Å². The first-order valence-corrected chi connectivity index (χ1v) is 7.06. The lowest BCUT2D eigenvalue weighted by Gasteiger charge is -2.22. The zero-order valence-corrected chi connectivity index (χ0v) is 11.5. The van der Waals surface area contributed by atoms with Crippen molar-refractivity contribution in [1.29, 1.82) is 0 Å². The largest absolute Gasteiger partial charge is 0.441 e. The van der Waals surface area contributed by atoms with Gasteiger partial charge in [0.1, 0.15) is 11.3 Å². The molecule has 1 aliphatic rings. The van der Waals surface area contributed by atoms with Crippen LogP contribution < -0.4 is 10.1 Å². The molecule has 1 fully saturated rings. The highest BCUT2D eigenvalue weighted by molar-refractivity contribution is 5.77. The molecule has 1 heterocycles. The number of nitrogens with one attached hydrogen (secondary N) is 1. The molecular formula is C15H18N2O3. The monoisotopic (exact) mass is 274 g/mol. The van der Waals surface area contributed by atoms with Gasteiger partial charge in [-0.1, -0.05) is 19.3 Å². The third kappa shape index (κ3) is 2.92. The average molecular weight is 274 g/mol. The van der Waals surface area contributed by atoms with Crippen LogP contribution in [0.1, 0.15) is 38.0 Å². The van der Waals surface area contributed by atoms with Crippen LogP contribution in [0.25, 0.3) is 11.1 Å². The fourth-order valence-corrected chi connectivity index (χ4v) is 2.63. The Bertz CT molecular complexity index is 615. The van der Waals surface area contributed by atoms with Crippen molar-refractivity contribution >= 4 is 17.2 Å². The van der Waals surface area contributed by atoms with Crippen LogP contribution in [-0.2, 0) is 0 Å². The number of rotatable bonds is 2. The van der Waals surface area contributed by atoms with Crippen LogP contribution in [0.5, 0.6) is 5.75 Å². The highest BCUT2D eigenvalue weighted by Gasteiger charge is 2.17. The van der Waals surface area contributed by atoms with Gasteiger partial charge in [-0.2, -0.15) is 0 Å². The summed E-state index contributed by atoms with van der Waals surface area (Å²) in [5, 5.41) is 2.91. The first kappa shape index (κ1) is 13.0. The number of carbonyl (C=O) groups excluding carboxylic acids is 1. The number of ether oxygens (including phenoxy) is 1. The summed E-state index contributed by atoms with van der Waals surface area (Å²) in [6.07, 6.45) is 5.29. The van der Waals surface area contributed by atoms with Crippen LogP contribution in [0.3, 0.4) is 0 Å². The Kier molecular flexibility index (Phi) is 3.58. The molecule has 5 heteroatoms. The SMILES string of the molecule is Cc1nc2ccc(OC(=O)NC3CCCCC3)cc2o1. The number of benzene rings is 1. The summed E-state index contributed by atoms with van der Waals surface area (Å²) in [7, 11) is 0. The first-order valence-electron chi connectivity index (χ1n) is 7.06. The first-order chi connectivity index (χ1) is 9.70. The van der Waals surface area contributed by atoms with Crippen molar-refractivity contribution in [2.24, 2.45) is 0 Å². The Balaban J connectivity index is 1.64. The minimum absolute atomic E-state index is 0.243. The van der Waals surface area contributed by atoms with E-state index in [9.17, 15) is 4.79 Å². The second kappa shape index (κ2) is 5.53. The Hall–Kier alpha value is -2.04. The molecule has 3 rings (SSSR count). The number of nitrogens with zero attached hydrogens (tertiary/aromatic N) is 1. The zero-order chi connectivity index (χ0) is 13.9. The van der Waals surface area contributed by atoms with Gasteiger partial charge in [0, 0.05) is 19.0 Å². The van der Waals surface area contributed by atoms with E-state index in [1.165, 1.54) is 19.3 Å². The molecular weight excluding hydrogens is 256 g/mol. The van der Waals surface area contributed by atoms with E-state index in [1.807, 2.05) is 0 Å². The Morgan fingerprint density at radius 1 is 1.35 bits per heavy atom. The van der Waals surface area contributed by atoms with Crippen LogP contribution >= 0.6 is 0 Å². The zero-order valence-electron chi connectivity index (χ0n) is 11.5. The molecule has 0 radical (unpaired) electrons. The Labute approximate surface area is 117 Å². The molecule has 20 heavy (non-hydrogen) atoms. The molecule has 0 atom stereocenters. The van der Waals surface area contributed by atoms with Gasteiger partial charge in [0.15, 0.2) is 11.5 Å². The van der Waals surface area contributed by atoms with Crippen molar-refractivity contribution < 1.29 is 13.9 Å². The fourth-order valence-electron chi connectivity index (χ4n) is 2.63. The van der Waals surface area contributed by atoms with Crippen molar-refractivity contribution in [2.75, 3.05) is 0 Å². The van der Waals surface area contributed by atoms with E-state index in [2.05, 4.69) is 10.3 Å². The van der Waals surface area contributed by atoms with Gasteiger partial charge in [-0.25, -0.2) is 9.78 Å². The lowest BCUT2D eigenvalue weighted by atomic mass is 9.96. The molecule has 1 aromatic heterocycles. The normalized spacial score (nSPS) is 16.2. The van der Waals surface area contributed by atoms with Gasteiger partial charge in [-0.05, 0) is 25.0 Å². The maximum atomic E-state index is 11.8. The number of amides is 1. The number of hydrogen-bond acceptors (Lipinski definition) is 4. The van der Waals surface area contributed by atoms with E-state index in [4.69, 9.17) is 9.15 Å². The molecule has 5 nitrogen and oxygen atoms in total. The quantitative estimate of drug-likeness (QED) is 0.909. The second-order valence-electron chi connectivity index (χ2n) is 5.23. The highest BCUT2D eigenvalue weighted by atomic mass is 16.6. The molecule has 1 aliphatic carbocycles. The van der Waals surface area contributed by atoms with Gasteiger partial charge in [-0.15, -0.1) is 0 Å². The molecule has 1 N–H and O–H groups in total. The molecule has 0 spiro atoms. The summed E-state index contributed by atoms with van der Waals surface area (Å²) in [5.74, 6) is 1.07. The molecule has 0 unspecified atom stereocenters. The van der Waals surface area contributed by atoms with Crippen LogP contribution in [0, 0.1) is 6.92 Å². The maximum Gasteiger partial charge on any atom is 0.412 e. The van der Waals surface area contributed by atoms with Crippen LogP contribution in [0.2, 0.25) is 0 Å². The van der Waals surface area contributed by atoms with E-state index in [0.717, 1.165) is 18.4 Å². The molecule has 0 saturated heterocycles. The van der Waals surface area contributed by atoms with E-state index in [0.29, 0.717) is 17.2 Å². The Morgan fingerprint density at radius 3 is 2.95 bits per heavy atom. The number of oxazole rings is 1. The van der Waals surface area contributed by atoms with Crippen LogP contribution in [-0.4, -0.2) is 17.1 Å². The molecule has 1 amide bonds. The molecule has 1 aromatic carbocycles. The number of carbonyl (C=O) groups is 1. The summed E-state index contributed by atoms with van der Waals surface area (Å²) >= 11 is 0. The third-order valence-corrected chi connectivity index (χ3v) is 3.60. The standard InChI is InChI=1S/C15H18N2O3/c1-10-16-13-8-7-12(9-14(13)19-10)20-15(18)17-11-5-3-2-4-6-11/h7-9,11H,2-6H2,1H3,(H,17,18). The van der Waals surface area contributed by atoms with Gasteiger partial charge in [-0.3, -0.25) is 0 Å². The summed E-state index contributed by atoms with van der Waals surface area (Å²) in [6.45, 7) is 1.79. The number of aryl methyl sites for hydroxylation is 1. The summed E-state index contributed by atoms with van der Waals surface area (Å²) in [6, 6.07) is 5.45. The van der Waals surface area contributed by atoms with E-state index in [-0.39, 0.29) is 6.04 Å². The highest BCUT2D eigenvalue weighted by Crippen LogP contribution is 2.22. The molecule has 0 aliphatic heterocycles. The fraction of sp³-hybridized carbons (Fsp3) is 0.467. The van der Waals surface area contributed by atoms with Crippen molar-refractivity contribution in [3.8, 4) is 5.75 Å². The van der Waals surface area contributed by atoms with Gasteiger partial charge >= 0.3 is 6.09 Å². The minimum atomic E-state index is -0.396. The third-order valence-electron chi connectivity index (χ3n) is 3.60. The van der Waals surface area contributed by atoms with E-state index >= 15 is 0 Å². The minimum Gasteiger partial charge on any atom is -0.441 e. The van der Waals surface area contributed by atoms with Crippen molar-refractivity contribution in [3.05, 3.63) is 24.1 Å². The van der Waals surface area contributed by atoms with Gasteiger partial charge < -0.3 is 14.5 Å². The summed E-state index contributed by atoms with van der Waals surface area (Å²) in [5.41, 5.74) is 1.40. The molecule has 106 valence electrons. The van der Waals surface area contributed by atoms with E-state index < -0.39 is 6.09 Å². The smallest absolute Gasteiger partial charge is 0.412 e. The Morgan fingerprint density at radius 2 is 2.15 bits per heavy atom. The second-order valence-corrected chi connectivity index (χ2v) is 5.23. The number of fused-ring (bicyclic) bond motifs is 1. The van der Waals surface area contributed by atoms with Crippen molar-refractivity contribution in [3.63, 3.8) is 0 Å². The van der Waals surface area contributed by atoms with Gasteiger partial charge in [0.25, 0.3) is 0 Å². The summed E-state index contributed by atoms with van der Waals surface area (Å²) in [4.78, 5) is 16.0. The van der Waals surface area contributed by atoms with Gasteiger partial charge in [0.2, 0.25) is 0 Å². The predicted octanol–water partition coefficient (Wildman–Crippen LogP) is 3.56. The van der Waals surface area contributed by atoms with Gasteiger partial charge in [0.05, 0.1) is 0 Å². The maximum absolute atomic E-state index is 11.8. The predicted molar refractivity (Wildman–Crippen MR) is 74.8 cm³/mol. The van der Waals surface area contributed by atoms with E-state index in [1.54, 1.807) is 25.1 Å².